The minimum Gasteiger partial charge on any atom is -0.323 e. The van der Waals surface area contributed by atoms with E-state index in [0.29, 0.717) is 0 Å². The van der Waals surface area contributed by atoms with Gasteiger partial charge in [0.2, 0.25) is 0 Å². The highest BCUT2D eigenvalue weighted by atomic mass is 127. The Balaban J connectivity index is 1.76. The van der Waals surface area contributed by atoms with Crippen molar-refractivity contribution in [1.82, 2.24) is 9.55 Å². The number of fused-ring (bicyclic) bond motifs is 1. The number of benzene rings is 3. The Morgan fingerprint density at radius 3 is 2.25 bits per heavy atom. The van der Waals surface area contributed by atoms with Gasteiger partial charge in [-0.3, -0.25) is 0 Å². The maximum absolute atomic E-state index is 4.89. The molecule has 24 heavy (non-hydrogen) atoms. The number of imidazole rings is 1. The number of rotatable bonds is 4. The van der Waals surface area contributed by atoms with Gasteiger partial charge in [0.05, 0.1) is 11.0 Å². The Morgan fingerprint density at radius 1 is 0.750 bits per heavy atom. The van der Waals surface area contributed by atoms with E-state index < -0.39 is 0 Å². The molecule has 0 unspecified atom stereocenters. The summed E-state index contributed by atoms with van der Waals surface area (Å²) in [7, 11) is 0. The number of para-hydroxylation sites is 2. The van der Waals surface area contributed by atoms with Gasteiger partial charge in [-0.25, -0.2) is 4.98 Å². The molecule has 3 heteroatoms. The minimum absolute atomic E-state index is 0.846. The third-order valence-electron chi connectivity index (χ3n) is 4.19. The summed E-state index contributed by atoms with van der Waals surface area (Å²) in [6.45, 7) is 0.848. The zero-order valence-electron chi connectivity index (χ0n) is 13.2. The fourth-order valence-electron chi connectivity index (χ4n) is 2.99. The lowest BCUT2D eigenvalue weighted by Crippen LogP contribution is -2.06. The van der Waals surface area contributed by atoms with Gasteiger partial charge >= 0.3 is 0 Å². The molecule has 0 N–H and O–H groups in total. The Kier molecular flexibility index (Phi) is 4.34. The summed E-state index contributed by atoms with van der Waals surface area (Å²) in [5.74, 6) is 1.11. The van der Waals surface area contributed by atoms with Gasteiger partial charge in [-0.05, 0) is 58.0 Å². The lowest BCUT2D eigenvalue weighted by molar-refractivity contribution is 0.762. The van der Waals surface area contributed by atoms with E-state index in [-0.39, 0.29) is 0 Å². The van der Waals surface area contributed by atoms with Crippen LogP contribution in [0, 0.1) is 3.57 Å². The molecule has 0 atom stereocenters. The highest BCUT2D eigenvalue weighted by Gasteiger charge is 2.11. The van der Waals surface area contributed by atoms with E-state index in [1.54, 1.807) is 0 Å². The predicted octanol–water partition coefficient (Wildman–Crippen LogP) is 5.28. The summed E-state index contributed by atoms with van der Waals surface area (Å²) in [6.07, 6.45) is 0.846. The molecule has 0 aliphatic heterocycles. The molecule has 118 valence electrons. The van der Waals surface area contributed by atoms with Gasteiger partial charge in [0.25, 0.3) is 0 Å². The molecule has 0 bridgehead atoms. The Labute approximate surface area is 155 Å². The van der Waals surface area contributed by atoms with Gasteiger partial charge < -0.3 is 4.57 Å². The zero-order valence-corrected chi connectivity index (χ0v) is 15.3. The molecular formula is C21H17IN2. The third kappa shape index (κ3) is 3.22. The average Bonchev–Trinajstić information content (AvgIpc) is 2.95. The van der Waals surface area contributed by atoms with Crippen LogP contribution in [0.4, 0.5) is 0 Å². The molecular weight excluding hydrogens is 407 g/mol. The summed E-state index contributed by atoms with van der Waals surface area (Å²) in [6, 6.07) is 27.6. The van der Waals surface area contributed by atoms with E-state index in [2.05, 4.69) is 106 Å². The minimum atomic E-state index is 0.846. The van der Waals surface area contributed by atoms with Gasteiger partial charge in [0.1, 0.15) is 5.82 Å². The molecule has 0 aliphatic carbocycles. The number of halogens is 1. The summed E-state index contributed by atoms with van der Waals surface area (Å²) in [5.41, 5.74) is 4.85. The van der Waals surface area contributed by atoms with Crippen molar-refractivity contribution in [3.8, 4) is 0 Å². The first-order valence-electron chi connectivity index (χ1n) is 8.02. The van der Waals surface area contributed by atoms with E-state index in [4.69, 9.17) is 4.98 Å². The van der Waals surface area contributed by atoms with Crippen LogP contribution in [-0.4, -0.2) is 9.55 Å². The van der Waals surface area contributed by atoms with Crippen LogP contribution >= 0.6 is 22.6 Å². The van der Waals surface area contributed by atoms with Crippen LogP contribution in [-0.2, 0) is 13.0 Å². The van der Waals surface area contributed by atoms with Crippen LogP contribution in [0.15, 0.2) is 78.9 Å². The lowest BCUT2D eigenvalue weighted by atomic mass is 10.1. The van der Waals surface area contributed by atoms with Crippen LogP contribution in [0.25, 0.3) is 11.0 Å². The number of aromatic nitrogens is 2. The molecule has 0 aliphatic rings. The van der Waals surface area contributed by atoms with Crippen molar-refractivity contribution in [2.45, 2.75) is 13.0 Å². The van der Waals surface area contributed by atoms with Gasteiger partial charge in [-0.2, -0.15) is 0 Å². The van der Waals surface area contributed by atoms with Crippen molar-refractivity contribution in [2.24, 2.45) is 0 Å². The second-order valence-corrected chi connectivity index (χ2v) is 7.14. The Bertz CT molecular complexity index is 956. The second kappa shape index (κ2) is 6.77. The highest BCUT2D eigenvalue weighted by molar-refractivity contribution is 14.1. The average molecular weight is 424 g/mol. The monoisotopic (exact) mass is 424 g/mol. The summed E-state index contributed by atoms with van der Waals surface area (Å²) < 4.78 is 3.59. The molecule has 1 aromatic heterocycles. The summed E-state index contributed by atoms with van der Waals surface area (Å²) in [5, 5.41) is 0. The Morgan fingerprint density at radius 2 is 1.46 bits per heavy atom. The standard InChI is InChI=1S/C21H17IN2/c22-18-12-10-16(11-13-18)14-21-23-19-8-4-5-9-20(19)24(21)15-17-6-2-1-3-7-17/h1-13H,14-15H2. The van der Waals surface area contributed by atoms with Crippen LogP contribution in [0.1, 0.15) is 17.0 Å². The van der Waals surface area contributed by atoms with Crippen molar-refractivity contribution >= 4 is 33.6 Å². The largest absolute Gasteiger partial charge is 0.323 e. The summed E-state index contributed by atoms with van der Waals surface area (Å²) >= 11 is 2.34. The molecule has 1 heterocycles. The molecule has 0 saturated carbocycles. The molecule has 0 radical (unpaired) electrons. The Hall–Kier alpha value is -2.14. The first kappa shape index (κ1) is 15.4. The zero-order chi connectivity index (χ0) is 16.4. The predicted molar refractivity (Wildman–Crippen MR) is 107 cm³/mol. The molecule has 3 aromatic carbocycles. The first-order chi connectivity index (χ1) is 11.8. The van der Waals surface area contributed by atoms with E-state index in [1.165, 1.54) is 20.2 Å². The maximum atomic E-state index is 4.89. The molecule has 4 aromatic rings. The normalized spacial score (nSPS) is 11.0. The van der Waals surface area contributed by atoms with Gasteiger partial charge in [0.15, 0.2) is 0 Å². The molecule has 0 spiro atoms. The van der Waals surface area contributed by atoms with Gasteiger partial charge in [-0.1, -0.05) is 54.6 Å². The van der Waals surface area contributed by atoms with Gasteiger partial charge in [-0.15, -0.1) is 0 Å². The quantitative estimate of drug-likeness (QED) is 0.408. The third-order valence-corrected chi connectivity index (χ3v) is 4.91. The number of hydrogen-bond acceptors (Lipinski definition) is 1. The molecule has 0 saturated heterocycles. The van der Waals surface area contributed by atoms with Crippen LogP contribution in [0.5, 0.6) is 0 Å². The maximum Gasteiger partial charge on any atom is 0.114 e. The number of nitrogens with zero attached hydrogens (tertiary/aromatic N) is 2. The highest BCUT2D eigenvalue weighted by Crippen LogP contribution is 2.20. The summed E-state index contributed by atoms with van der Waals surface area (Å²) in [4.78, 5) is 4.89. The molecule has 2 nitrogen and oxygen atoms in total. The second-order valence-electron chi connectivity index (χ2n) is 5.89. The fourth-order valence-corrected chi connectivity index (χ4v) is 3.35. The number of hydrogen-bond donors (Lipinski definition) is 0. The smallest absolute Gasteiger partial charge is 0.114 e. The van der Waals surface area contributed by atoms with E-state index in [1.807, 2.05) is 0 Å². The van der Waals surface area contributed by atoms with E-state index in [9.17, 15) is 0 Å². The van der Waals surface area contributed by atoms with Crippen LogP contribution < -0.4 is 0 Å². The van der Waals surface area contributed by atoms with E-state index >= 15 is 0 Å². The lowest BCUT2D eigenvalue weighted by Gasteiger charge is -2.10. The van der Waals surface area contributed by atoms with Crippen molar-refractivity contribution in [3.63, 3.8) is 0 Å². The SMILES string of the molecule is Ic1ccc(Cc2nc3ccccc3n2Cc2ccccc2)cc1. The molecule has 4 rings (SSSR count). The fraction of sp³-hybridized carbons (Fsp3) is 0.0952. The van der Waals surface area contributed by atoms with Crippen molar-refractivity contribution in [3.05, 3.63) is 99.4 Å². The van der Waals surface area contributed by atoms with Crippen molar-refractivity contribution in [2.75, 3.05) is 0 Å². The van der Waals surface area contributed by atoms with E-state index in [0.717, 1.165) is 24.3 Å². The van der Waals surface area contributed by atoms with Gasteiger partial charge in [0, 0.05) is 16.5 Å². The van der Waals surface area contributed by atoms with Crippen LogP contribution in [0.2, 0.25) is 0 Å². The van der Waals surface area contributed by atoms with Crippen molar-refractivity contribution in [1.29, 1.82) is 0 Å². The molecule has 0 amide bonds. The first-order valence-corrected chi connectivity index (χ1v) is 9.10. The van der Waals surface area contributed by atoms with Crippen LogP contribution in [0.3, 0.4) is 0 Å². The topological polar surface area (TPSA) is 17.8 Å². The molecule has 0 fully saturated rings. The van der Waals surface area contributed by atoms with Crippen molar-refractivity contribution < 1.29 is 0 Å².